The molecule has 2 N–H and O–H groups in total. The molecule has 8 nitrogen and oxygen atoms in total. The van der Waals surface area contributed by atoms with Crippen LogP contribution in [-0.4, -0.2) is 28.2 Å². The fourth-order valence-electron chi connectivity index (χ4n) is 3.54. The average Bonchev–Trinajstić information content (AvgIpc) is 3.32. The zero-order valence-electron chi connectivity index (χ0n) is 19.3. The summed E-state index contributed by atoms with van der Waals surface area (Å²) < 4.78 is 7.04. The number of hydrogen-bond acceptors (Lipinski definition) is 5. The number of nitrogens with zero attached hydrogens (tertiary/aromatic N) is 3. The molecule has 0 aliphatic heterocycles. The Morgan fingerprint density at radius 1 is 1.00 bits per heavy atom. The summed E-state index contributed by atoms with van der Waals surface area (Å²) in [6.07, 6.45) is 1.64. The fraction of sp³-hybridized carbons (Fsp3) is 0.111. The van der Waals surface area contributed by atoms with Crippen LogP contribution in [0.15, 0.2) is 79.0 Å². The number of para-hydroxylation sites is 1. The highest BCUT2D eigenvalue weighted by molar-refractivity contribution is 6.01. The van der Waals surface area contributed by atoms with E-state index in [1.54, 1.807) is 35.1 Å². The van der Waals surface area contributed by atoms with Crippen LogP contribution in [0, 0.1) is 25.2 Å². The minimum Gasteiger partial charge on any atom is -0.484 e. The van der Waals surface area contributed by atoms with Gasteiger partial charge in [0.05, 0.1) is 22.9 Å². The van der Waals surface area contributed by atoms with Crippen molar-refractivity contribution in [3.63, 3.8) is 0 Å². The second-order valence-electron chi connectivity index (χ2n) is 7.92. The number of nitriles is 1. The van der Waals surface area contributed by atoms with Crippen LogP contribution in [0.5, 0.6) is 5.75 Å². The molecule has 3 aromatic carbocycles. The van der Waals surface area contributed by atoms with E-state index in [1.807, 2.05) is 68.4 Å². The largest absolute Gasteiger partial charge is 0.484 e. The van der Waals surface area contributed by atoms with Gasteiger partial charge in [-0.1, -0.05) is 42.0 Å². The average molecular weight is 466 g/mol. The van der Waals surface area contributed by atoms with E-state index in [0.29, 0.717) is 22.6 Å². The first kappa shape index (κ1) is 23.3. The molecule has 2 amide bonds. The van der Waals surface area contributed by atoms with Gasteiger partial charge >= 0.3 is 0 Å². The van der Waals surface area contributed by atoms with Gasteiger partial charge in [0.1, 0.15) is 11.4 Å². The Morgan fingerprint density at radius 3 is 2.43 bits per heavy atom. The molecule has 1 aromatic heterocycles. The van der Waals surface area contributed by atoms with Gasteiger partial charge in [0.25, 0.3) is 11.8 Å². The van der Waals surface area contributed by atoms with Crippen LogP contribution in [0.1, 0.15) is 27.0 Å². The second-order valence-corrected chi connectivity index (χ2v) is 7.92. The Morgan fingerprint density at radius 2 is 1.74 bits per heavy atom. The summed E-state index contributed by atoms with van der Waals surface area (Å²) in [7, 11) is 0. The van der Waals surface area contributed by atoms with Crippen molar-refractivity contribution in [3.8, 4) is 28.8 Å². The highest BCUT2D eigenvalue weighted by Crippen LogP contribution is 2.27. The van der Waals surface area contributed by atoms with Crippen molar-refractivity contribution < 1.29 is 14.3 Å². The van der Waals surface area contributed by atoms with Gasteiger partial charge in [0.2, 0.25) is 0 Å². The summed E-state index contributed by atoms with van der Waals surface area (Å²) in [5.41, 5.74) is 9.84. The number of amides is 2. The minimum atomic E-state index is -0.536. The predicted molar refractivity (Wildman–Crippen MR) is 131 cm³/mol. The van der Waals surface area contributed by atoms with Gasteiger partial charge in [-0.2, -0.15) is 10.4 Å². The van der Waals surface area contributed by atoms with Gasteiger partial charge in [-0.05, 0) is 55.8 Å². The van der Waals surface area contributed by atoms with Crippen molar-refractivity contribution >= 4 is 11.8 Å². The number of carbonyl (C=O) groups excluding carboxylic acids is 2. The van der Waals surface area contributed by atoms with Crippen LogP contribution < -0.4 is 15.6 Å². The third kappa shape index (κ3) is 5.54. The molecule has 0 aliphatic rings. The van der Waals surface area contributed by atoms with Crippen molar-refractivity contribution in [2.24, 2.45) is 0 Å². The summed E-state index contributed by atoms with van der Waals surface area (Å²) in [5, 5.41) is 13.5. The van der Waals surface area contributed by atoms with Crippen LogP contribution in [0.4, 0.5) is 0 Å². The lowest BCUT2D eigenvalue weighted by atomic mass is 10.0. The predicted octanol–water partition coefficient (Wildman–Crippen LogP) is 3.87. The molecule has 174 valence electrons. The smallest absolute Gasteiger partial charge is 0.276 e. The van der Waals surface area contributed by atoms with Crippen LogP contribution >= 0.6 is 0 Å². The van der Waals surface area contributed by atoms with Gasteiger partial charge in [-0.15, -0.1) is 0 Å². The second kappa shape index (κ2) is 10.4. The fourth-order valence-corrected chi connectivity index (χ4v) is 3.54. The number of ether oxygens (including phenoxy) is 1. The normalized spacial score (nSPS) is 10.3. The molecule has 0 unspecified atom stereocenters. The maximum atomic E-state index is 13.1. The van der Waals surface area contributed by atoms with Crippen molar-refractivity contribution in [2.45, 2.75) is 13.8 Å². The Balaban J connectivity index is 1.50. The zero-order chi connectivity index (χ0) is 24.8. The molecule has 4 rings (SSSR count). The topological polar surface area (TPSA) is 109 Å². The standard InChI is InChI=1S/C27H23N5O3/c1-18-8-13-23(19(2)14-18)26-24(16-32(31-26)21-6-4-3-5-7-21)27(34)30-29-25(33)17-35-22-11-9-20(15-28)10-12-22/h3-14,16H,17H2,1-2H3,(H,29,33)(H,30,34). The molecule has 0 atom stereocenters. The molecule has 1 heterocycles. The molecule has 0 fully saturated rings. The van der Waals surface area contributed by atoms with Crippen molar-refractivity contribution in [1.29, 1.82) is 5.26 Å². The van der Waals surface area contributed by atoms with Crippen LogP contribution in [0.3, 0.4) is 0 Å². The van der Waals surface area contributed by atoms with E-state index >= 15 is 0 Å². The lowest BCUT2D eigenvalue weighted by Crippen LogP contribution is -2.43. The number of nitrogens with one attached hydrogen (secondary N) is 2. The first-order valence-electron chi connectivity index (χ1n) is 10.9. The number of benzene rings is 3. The molecule has 0 saturated heterocycles. The molecule has 0 bridgehead atoms. The number of hydrogen-bond donors (Lipinski definition) is 2. The molecule has 35 heavy (non-hydrogen) atoms. The number of hydrazine groups is 1. The van der Waals surface area contributed by atoms with E-state index in [-0.39, 0.29) is 6.61 Å². The first-order valence-corrected chi connectivity index (χ1v) is 10.9. The van der Waals surface area contributed by atoms with Crippen LogP contribution in [0.2, 0.25) is 0 Å². The van der Waals surface area contributed by atoms with E-state index < -0.39 is 11.8 Å². The van der Waals surface area contributed by atoms with E-state index in [4.69, 9.17) is 10.00 Å². The molecule has 0 radical (unpaired) electrons. The van der Waals surface area contributed by atoms with Crippen molar-refractivity contribution in [1.82, 2.24) is 20.6 Å². The summed E-state index contributed by atoms with van der Waals surface area (Å²) in [4.78, 5) is 25.3. The number of aromatic nitrogens is 2. The molecular weight excluding hydrogens is 442 g/mol. The maximum absolute atomic E-state index is 13.1. The van der Waals surface area contributed by atoms with Crippen LogP contribution in [-0.2, 0) is 4.79 Å². The number of rotatable bonds is 6. The van der Waals surface area contributed by atoms with Gasteiger partial charge in [-0.25, -0.2) is 4.68 Å². The highest BCUT2D eigenvalue weighted by atomic mass is 16.5. The Bertz CT molecular complexity index is 1400. The van der Waals surface area contributed by atoms with E-state index in [1.165, 1.54) is 0 Å². The van der Waals surface area contributed by atoms with E-state index in [0.717, 1.165) is 22.4 Å². The zero-order valence-corrected chi connectivity index (χ0v) is 19.3. The summed E-state index contributed by atoms with van der Waals surface area (Å²) in [6, 6.07) is 23.8. The minimum absolute atomic E-state index is 0.306. The maximum Gasteiger partial charge on any atom is 0.276 e. The van der Waals surface area contributed by atoms with Crippen molar-refractivity contribution in [3.05, 3.63) is 101 Å². The third-order valence-corrected chi connectivity index (χ3v) is 5.29. The van der Waals surface area contributed by atoms with E-state index in [9.17, 15) is 9.59 Å². The van der Waals surface area contributed by atoms with Gasteiger partial charge < -0.3 is 4.74 Å². The Kier molecular flexibility index (Phi) is 6.88. The molecule has 0 spiro atoms. The lowest BCUT2D eigenvalue weighted by molar-refractivity contribution is -0.123. The lowest BCUT2D eigenvalue weighted by Gasteiger charge is -2.10. The molecular formula is C27H23N5O3. The molecule has 8 heteroatoms. The highest BCUT2D eigenvalue weighted by Gasteiger charge is 2.20. The van der Waals surface area contributed by atoms with Crippen LogP contribution in [0.25, 0.3) is 16.9 Å². The molecule has 0 saturated carbocycles. The first-order chi connectivity index (χ1) is 16.9. The van der Waals surface area contributed by atoms with Gasteiger partial charge in [0, 0.05) is 11.8 Å². The molecule has 4 aromatic rings. The Hall–Kier alpha value is -4.90. The molecule has 0 aliphatic carbocycles. The monoisotopic (exact) mass is 465 g/mol. The quantitative estimate of drug-likeness (QED) is 0.420. The van der Waals surface area contributed by atoms with Crippen molar-refractivity contribution in [2.75, 3.05) is 6.61 Å². The van der Waals surface area contributed by atoms with E-state index in [2.05, 4.69) is 16.0 Å². The number of aryl methyl sites for hydroxylation is 2. The van der Waals surface area contributed by atoms with Gasteiger partial charge in [-0.3, -0.25) is 20.4 Å². The number of carbonyl (C=O) groups is 2. The third-order valence-electron chi connectivity index (χ3n) is 5.29. The summed E-state index contributed by atoms with van der Waals surface area (Å²) in [5.74, 6) is -0.605. The Labute approximate surface area is 202 Å². The summed E-state index contributed by atoms with van der Waals surface area (Å²) in [6.45, 7) is 3.66. The summed E-state index contributed by atoms with van der Waals surface area (Å²) >= 11 is 0. The SMILES string of the molecule is Cc1ccc(-c2nn(-c3ccccc3)cc2C(=O)NNC(=O)COc2ccc(C#N)cc2)c(C)c1. The van der Waals surface area contributed by atoms with Gasteiger partial charge in [0.15, 0.2) is 6.61 Å².